The first kappa shape index (κ1) is 21.8. The van der Waals surface area contributed by atoms with Crippen LogP contribution in [0, 0.1) is 0 Å². The highest BCUT2D eigenvalue weighted by Crippen LogP contribution is 2.33. The van der Waals surface area contributed by atoms with Gasteiger partial charge in [-0.2, -0.15) is 0 Å². The van der Waals surface area contributed by atoms with Gasteiger partial charge < -0.3 is 24.8 Å². The van der Waals surface area contributed by atoms with E-state index in [1.54, 1.807) is 17.0 Å². The van der Waals surface area contributed by atoms with Gasteiger partial charge in [-0.25, -0.2) is 9.59 Å². The molecule has 1 amide bonds. The van der Waals surface area contributed by atoms with E-state index in [-0.39, 0.29) is 24.8 Å². The number of hydrogen-bond donors (Lipinski definition) is 1. The monoisotopic (exact) mass is 412 g/mol. The van der Waals surface area contributed by atoms with Gasteiger partial charge in [-0.15, -0.1) is 0 Å². The molecule has 1 aliphatic heterocycles. The lowest BCUT2D eigenvalue weighted by molar-refractivity contribution is -0.0144. The number of hydrogen-bond acceptors (Lipinski definition) is 6. The molecule has 0 unspecified atom stereocenters. The molecule has 160 valence electrons. The molecular formula is C23H28N2O5. The van der Waals surface area contributed by atoms with Gasteiger partial charge in [0, 0.05) is 13.1 Å². The van der Waals surface area contributed by atoms with E-state index in [2.05, 4.69) is 0 Å². The molecule has 0 bridgehead atoms. The molecule has 0 spiro atoms. The van der Waals surface area contributed by atoms with Crippen LogP contribution in [0.3, 0.4) is 0 Å². The number of methoxy groups -OCH3 is 1. The van der Waals surface area contributed by atoms with E-state index in [0.717, 1.165) is 17.5 Å². The second-order valence-corrected chi connectivity index (χ2v) is 7.17. The predicted octanol–water partition coefficient (Wildman–Crippen LogP) is 3.29. The largest absolute Gasteiger partial charge is 0.465 e. The molecule has 2 aromatic rings. The van der Waals surface area contributed by atoms with Crippen LogP contribution in [0.1, 0.15) is 40.4 Å². The lowest BCUT2D eigenvalue weighted by Gasteiger charge is -2.39. The van der Waals surface area contributed by atoms with Crippen molar-refractivity contribution in [2.24, 2.45) is 5.73 Å². The van der Waals surface area contributed by atoms with E-state index in [9.17, 15) is 9.59 Å². The summed E-state index contributed by atoms with van der Waals surface area (Å²) in [7, 11) is 1.35. The molecule has 1 fully saturated rings. The Bertz CT molecular complexity index is 825. The summed E-state index contributed by atoms with van der Waals surface area (Å²) in [6.07, 6.45) is 1.00. The van der Waals surface area contributed by atoms with Crippen molar-refractivity contribution in [1.29, 1.82) is 0 Å². The number of piperidine rings is 1. The van der Waals surface area contributed by atoms with Crippen LogP contribution in [0.2, 0.25) is 0 Å². The van der Waals surface area contributed by atoms with E-state index in [1.807, 2.05) is 42.5 Å². The van der Waals surface area contributed by atoms with Crippen molar-refractivity contribution >= 4 is 12.1 Å². The van der Waals surface area contributed by atoms with E-state index < -0.39 is 5.97 Å². The van der Waals surface area contributed by atoms with Gasteiger partial charge in [0.1, 0.15) is 6.61 Å². The van der Waals surface area contributed by atoms with Crippen LogP contribution < -0.4 is 5.73 Å². The quantitative estimate of drug-likeness (QED) is 0.702. The van der Waals surface area contributed by atoms with Crippen molar-refractivity contribution in [2.75, 3.05) is 26.8 Å². The van der Waals surface area contributed by atoms with Gasteiger partial charge in [0.25, 0.3) is 0 Å². The van der Waals surface area contributed by atoms with E-state index in [1.165, 1.54) is 7.11 Å². The lowest BCUT2D eigenvalue weighted by Crippen LogP contribution is -2.43. The molecule has 0 aliphatic carbocycles. The summed E-state index contributed by atoms with van der Waals surface area (Å²) in [4.78, 5) is 26.3. The van der Waals surface area contributed by atoms with E-state index >= 15 is 0 Å². The number of carbonyl (C=O) groups is 2. The standard InChI is InChI=1S/C23H28N2O5/c1-28-22(26)19-9-7-18(8-10-19)21-15-20(29-14-12-24)11-13-25(21)23(27)30-16-17-5-3-2-4-6-17/h2-10,20-21H,11-16,24H2,1H3/t20-,21-/m0/s1. The van der Waals surface area contributed by atoms with Crippen molar-refractivity contribution in [3.05, 3.63) is 71.3 Å². The number of nitrogens with two attached hydrogens (primary N) is 1. The first-order valence-corrected chi connectivity index (χ1v) is 10.1. The molecule has 0 radical (unpaired) electrons. The molecule has 1 saturated heterocycles. The van der Waals surface area contributed by atoms with Crippen LogP contribution in [-0.4, -0.2) is 49.9 Å². The molecule has 2 aromatic carbocycles. The second kappa shape index (κ2) is 10.8. The number of rotatable bonds is 7. The summed E-state index contributed by atoms with van der Waals surface area (Å²) < 4.78 is 16.2. The lowest BCUT2D eigenvalue weighted by atomic mass is 9.93. The van der Waals surface area contributed by atoms with Crippen molar-refractivity contribution in [3.63, 3.8) is 0 Å². The molecule has 3 rings (SSSR count). The Balaban J connectivity index is 1.74. The summed E-state index contributed by atoms with van der Waals surface area (Å²) >= 11 is 0. The minimum Gasteiger partial charge on any atom is -0.465 e. The van der Waals surface area contributed by atoms with Crippen molar-refractivity contribution < 1.29 is 23.8 Å². The van der Waals surface area contributed by atoms with E-state index in [0.29, 0.717) is 31.7 Å². The number of benzene rings is 2. The Kier molecular flexibility index (Phi) is 7.82. The minimum atomic E-state index is -0.395. The fraction of sp³-hybridized carbons (Fsp3) is 0.391. The molecule has 7 nitrogen and oxygen atoms in total. The van der Waals surface area contributed by atoms with Gasteiger partial charge in [-0.3, -0.25) is 0 Å². The van der Waals surface area contributed by atoms with Gasteiger partial charge >= 0.3 is 12.1 Å². The average molecular weight is 412 g/mol. The third-order valence-corrected chi connectivity index (χ3v) is 5.18. The maximum absolute atomic E-state index is 12.9. The summed E-state index contributed by atoms with van der Waals surface area (Å²) in [6, 6.07) is 16.5. The molecule has 30 heavy (non-hydrogen) atoms. The molecule has 0 saturated carbocycles. The van der Waals surface area contributed by atoms with Crippen molar-refractivity contribution in [2.45, 2.75) is 31.6 Å². The van der Waals surface area contributed by atoms with Gasteiger partial charge in [0.05, 0.1) is 31.4 Å². The number of esters is 1. The zero-order chi connectivity index (χ0) is 21.3. The first-order chi connectivity index (χ1) is 14.6. The van der Waals surface area contributed by atoms with Crippen LogP contribution >= 0.6 is 0 Å². The van der Waals surface area contributed by atoms with Crippen LogP contribution in [0.15, 0.2) is 54.6 Å². The molecular weight excluding hydrogens is 384 g/mol. The van der Waals surface area contributed by atoms with Gasteiger partial charge in [0.15, 0.2) is 0 Å². The summed E-state index contributed by atoms with van der Waals surface area (Å²) in [5, 5.41) is 0. The topological polar surface area (TPSA) is 91.1 Å². The number of ether oxygens (including phenoxy) is 3. The Labute approximate surface area is 176 Å². The molecule has 2 N–H and O–H groups in total. The molecule has 7 heteroatoms. The average Bonchev–Trinajstić information content (AvgIpc) is 2.81. The van der Waals surface area contributed by atoms with Gasteiger partial charge in [0.2, 0.25) is 0 Å². The summed E-state index contributed by atoms with van der Waals surface area (Å²) in [5.74, 6) is -0.395. The molecule has 2 atom stereocenters. The third-order valence-electron chi connectivity index (χ3n) is 5.18. The Morgan fingerprint density at radius 1 is 1.10 bits per heavy atom. The zero-order valence-electron chi connectivity index (χ0n) is 17.2. The Hall–Kier alpha value is -2.90. The summed E-state index contributed by atoms with van der Waals surface area (Å²) in [5.41, 5.74) is 7.88. The maximum Gasteiger partial charge on any atom is 0.410 e. The second-order valence-electron chi connectivity index (χ2n) is 7.17. The SMILES string of the molecule is COC(=O)c1ccc([C@@H]2C[C@@H](OCCN)CCN2C(=O)OCc2ccccc2)cc1. The number of likely N-dealkylation sites (tertiary alicyclic amines) is 1. The molecule has 1 heterocycles. The van der Waals surface area contributed by atoms with Crippen LogP contribution in [0.4, 0.5) is 4.79 Å². The van der Waals surface area contributed by atoms with Crippen LogP contribution in [0.5, 0.6) is 0 Å². The van der Waals surface area contributed by atoms with Gasteiger partial charge in [-0.1, -0.05) is 42.5 Å². The van der Waals surface area contributed by atoms with E-state index in [4.69, 9.17) is 19.9 Å². The fourth-order valence-corrected chi connectivity index (χ4v) is 3.62. The normalized spacial score (nSPS) is 18.7. The third kappa shape index (κ3) is 5.58. The number of carbonyl (C=O) groups excluding carboxylic acids is 2. The first-order valence-electron chi connectivity index (χ1n) is 10.1. The summed E-state index contributed by atoms with van der Waals surface area (Å²) in [6.45, 7) is 1.68. The van der Waals surface area contributed by atoms with Crippen LogP contribution in [0.25, 0.3) is 0 Å². The zero-order valence-corrected chi connectivity index (χ0v) is 17.2. The maximum atomic E-state index is 12.9. The van der Waals surface area contributed by atoms with Gasteiger partial charge in [-0.05, 0) is 36.1 Å². The predicted molar refractivity (Wildman–Crippen MR) is 112 cm³/mol. The van der Waals surface area contributed by atoms with Crippen molar-refractivity contribution in [3.8, 4) is 0 Å². The number of amides is 1. The highest BCUT2D eigenvalue weighted by Gasteiger charge is 2.34. The minimum absolute atomic E-state index is 0.0111. The molecule has 1 aliphatic rings. The smallest absolute Gasteiger partial charge is 0.410 e. The Morgan fingerprint density at radius 3 is 2.50 bits per heavy atom. The fourth-order valence-electron chi connectivity index (χ4n) is 3.62. The Morgan fingerprint density at radius 2 is 1.83 bits per heavy atom. The van der Waals surface area contributed by atoms with Crippen molar-refractivity contribution in [1.82, 2.24) is 4.90 Å². The highest BCUT2D eigenvalue weighted by atomic mass is 16.6. The number of nitrogens with zero attached hydrogens (tertiary/aromatic N) is 1. The van der Waals surface area contributed by atoms with Crippen LogP contribution in [-0.2, 0) is 20.8 Å². The highest BCUT2D eigenvalue weighted by molar-refractivity contribution is 5.89. The molecule has 0 aromatic heterocycles.